The molecular formula is C7H12FNO2. The maximum absolute atomic E-state index is 13.0. The highest BCUT2D eigenvalue weighted by Gasteiger charge is 2.52. The van der Waals surface area contributed by atoms with Gasteiger partial charge in [-0.15, -0.1) is 0 Å². The van der Waals surface area contributed by atoms with E-state index in [-0.39, 0.29) is 13.2 Å². The summed E-state index contributed by atoms with van der Waals surface area (Å²) in [7, 11) is 1.50. The molecule has 1 aliphatic carbocycles. The molecule has 0 bridgehead atoms. The second-order valence-corrected chi connectivity index (χ2v) is 2.92. The van der Waals surface area contributed by atoms with Crippen molar-refractivity contribution in [2.45, 2.75) is 18.5 Å². The van der Waals surface area contributed by atoms with Crippen LogP contribution in [0.3, 0.4) is 0 Å². The SMILES string of the molecule is CN(CCO)C(=O)C1(F)CC1. The second kappa shape index (κ2) is 2.77. The molecule has 1 fully saturated rings. The average Bonchev–Trinajstić information content (AvgIpc) is 2.68. The van der Waals surface area contributed by atoms with Crippen LogP contribution in [0, 0.1) is 0 Å². The van der Waals surface area contributed by atoms with Crippen molar-refractivity contribution in [2.75, 3.05) is 20.2 Å². The number of carbonyl (C=O) groups is 1. The average molecular weight is 161 g/mol. The van der Waals surface area contributed by atoms with Crippen molar-refractivity contribution < 1.29 is 14.3 Å². The number of aliphatic hydroxyl groups is 1. The third kappa shape index (κ3) is 1.68. The molecule has 3 nitrogen and oxygen atoms in total. The van der Waals surface area contributed by atoms with Crippen molar-refractivity contribution in [3.63, 3.8) is 0 Å². The molecule has 64 valence electrons. The molecule has 0 spiro atoms. The molecule has 0 unspecified atom stereocenters. The minimum Gasteiger partial charge on any atom is -0.395 e. The van der Waals surface area contributed by atoms with Crippen LogP contribution in [0.4, 0.5) is 4.39 Å². The number of aliphatic hydroxyl groups excluding tert-OH is 1. The van der Waals surface area contributed by atoms with Crippen molar-refractivity contribution in [3.8, 4) is 0 Å². The van der Waals surface area contributed by atoms with Crippen LogP contribution >= 0.6 is 0 Å². The predicted octanol–water partition coefficient (Wildman–Crippen LogP) is -0.0608. The van der Waals surface area contributed by atoms with Crippen molar-refractivity contribution in [1.82, 2.24) is 4.90 Å². The molecule has 1 saturated carbocycles. The van der Waals surface area contributed by atoms with E-state index in [4.69, 9.17) is 5.11 Å². The summed E-state index contributed by atoms with van der Waals surface area (Å²) in [6.45, 7) is 0.100. The van der Waals surface area contributed by atoms with Crippen LogP contribution in [0.25, 0.3) is 0 Å². The third-order valence-electron chi connectivity index (χ3n) is 1.85. The van der Waals surface area contributed by atoms with Crippen molar-refractivity contribution in [3.05, 3.63) is 0 Å². The highest BCUT2D eigenvalue weighted by atomic mass is 19.1. The molecule has 0 heterocycles. The van der Waals surface area contributed by atoms with Gasteiger partial charge < -0.3 is 10.0 Å². The maximum atomic E-state index is 13.0. The van der Waals surface area contributed by atoms with Crippen LogP contribution in [0.5, 0.6) is 0 Å². The highest BCUT2D eigenvalue weighted by molar-refractivity contribution is 5.87. The van der Waals surface area contributed by atoms with Crippen molar-refractivity contribution in [2.24, 2.45) is 0 Å². The Morgan fingerprint density at radius 1 is 1.73 bits per heavy atom. The molecule has 11 heavy (non-hydrogen) atoms. The lowest BCUT2D eigenvalue weighted by Gasteiger charge is -2.17. The summed E-state index contributed by atoms with van der Waals surface area (Å²) < 4.78 is 13.0. The second-order valence-electron chi connectivity index (χ2n) is 2.92. The minimum atomic E-state index is -1.59. The van der Waals surface area contributed by atoms with E-state index in [1.807, 2.05) is 0 Å². The summed E-state index contributed by atoms with van der Waals surface area (Å²) >= 11 is 0. The molecule has 0 radical (unpaired) electrons. The summed E-state index contributed by atoms with van der Waals surface area (Å²) in [5.41, 5.74) is -1.59. The van der Waals surface area contributed by atoms with Crippen LogP contribution in [0.1, 0.15) is 12.8 Å². The smallest absolute Gasteiger partial charge is 0.260 e. The molecular weight excluding hydrogens is 149 g/mol. The van der Waals surface area contributed by atoms with Gasteiger partial charge >= 0.3 is 0 Å². The van der Waals surface area contributed by atoms with Gasteiger partial charge in [-0.25, -0.2) is 4.39 Å². The Bertz CT molecular complexity index is 168. The summed E-state index contributed by atoms with van der Waals surface area (Å²) in [6, 6.07) is 0. The number of hydrogen-bond donors (Lipinski definition) is 1. The zero-order chi connectivity index (χ0) is 8.48. The zero-order valence-corrected chi connectivity index (χ0v) is 6.51. The normalized spacial score (nSPS) is 19.5. The lowest BCUT2D eigenvalue weighted by molar-refractivity contribution is -0.137. The number of amides is 1. The number of rotatable bonds is 3. The van der Waals surface area contributed by atoms with Crippen molar-refractivity contribution >= 4 is 5.91 Å². The first-order valence-corrected chi connectivity index (χ1v) is 3.65. The fourth-order valence-electron chi connectivity index (χ4n) is 0.917. The van der Waals surface area contributed by atoms with Gasteiger partial charge in [0.1, 0.15) is 0 Å². The predicted molar refractivity (Wildman–Crippen MR) is 37.8 cm³/mol. The molecule has 4 heteroatoms. The fourth-order valence-corrected chi connectivity index (χ4v) is 0.917. The van der Waals surface area contributed by atoms with Gasteiger partial charge in [-0.2, -0.15) is 0 Å². The summed E-state index contributed by atoms with van der Waals surface area (Å²) in [4.78, 5) is 12.3. The van der Waals surface area contributed by atoms with E-state index in [0.717, 1.165) is 0 Å². The summed E-state index contributed by atoms with van der Waals surface area (Å²) in [5.74, 6) is -0.494. The van der Waals surface area contributed by atoms with E-state index in [0.29, 0.717) is 12.8 Å². The van der Waals surface area contributed by atoms with E-state index in [9.17, 15) is 9.18 Å². The Hall–Kier alpha value is -0.640. The number of nitrogens with zero attached hydrogens (tertiary/aromatic N) is 1. The van der Waals surface area contributed by atoms with Crippen LogP contribution in [0.2, 0.25) is 0 Å². The zero-order valence-electron chi connectivity index (χ0n) is 6.51. The van der Waals surface area contributed by atoms with Gasteiger partial charge in [-0.3, -0.25) is 4.79 Å². The Labute approximate surface area is 64.8 Å². The molecule has 0 aliphatic heterocycles. The molecule has 1 amide bonds. The van der Waals surface area contributed by atoms with E-state index < -0.39 is 11.6 Å². The maximum Gasteiger partial charge on any atom is 0.260 e. The molecule has 0 aromatic rings. The van der Waals surface area contributed by atoms with Gasteiger partial charge in [0.15, 0.2) is 5.67 Å². The van der Waals surface area contributed by atoms with Crippen LogP contribution < -0.4 is 0 Å². The molecule has 0 aromatic carbocycles. The van der Waals surface area contributed by atoms with Crippen LogP contribution in [0.15, 0.2) is 0 Å². The van der Waals surface area contributed by atoms with Gasteiger partial charge in [0.25, 0.3) is 5.91 Å². The van der Waals surface area contributed by atoms with E-state index in [1.165, 1.54) is 11.9 Å². The number of hydrogen-bond acceptors (Lipinski definition) is 2. The summed E-state index contributed by atoms with van der Waals surface area (Å²) in [6.07, 6.45) is 0.670. The van der Waals surface area contributed by atoms with E-state index in [1.54, 1.807) is 0 Å². The lowest BCUT2D eigenvalue weighted by atomic mass is 10.3. The van der Waals surface area contributed by atoms with Gasteiger partial charge in [-0.1, -0.05) is 0 Å². The Morgan fingerprint density at radius 3 is 2.64 bits per heavy atom. The van der Waals surface area contributed by atoms with Gasteiger partial charge in [0.05, 0.1) is 6.61 Å². The molecule has 1 rings (SSSR count). The standard InChI is InChI=1S/C7H12FNO2/c1-9(4-5-10)6(11)7(8)2-3-7/h10H,2-5H2,1H3. The van der Waals surface area contributed by atoms with Gasteiger partial charge in [0, 0.05) is 13.6 Å². The minimum absolute atomic E-state index is 0.113. The molecule has 0 aromatic heterocycles. The van der Waals surface area contributed by atoms with E-state index >= 15 is 0 Å². The number of likely N-dealkylation sites (N-methyl/N-ethyl adjacent to an activating group) is 1. The molecule has 1 N–H and O–H groups in total. The van der Waals surface area contributed by atoms with Gasteiger partial charge in [0.2, 0.25) is 0 Å². The fraction of sp³-hybridized carbons (Fsp3) is 0.857. The van der Waals surface area contributed by atoms with Crippen LogP contribution in [-0.4, -0.2) is 41.8 Å². The molecule has 1 aliphatic rings. The first-order chi connectivity index (χ1) is 5.10. The van der Waals surface area contributed by atoms with Crippen molar-refractivity contribution in [1.29, 1.82) is 0 Å². The number of alkyl halides is 1. The first kappa shape index (κ1) is 8.46. The number of halogens is 1. The Morgan fingerprint density at radius 2 is 2.27 bits per heavy atom. The summed E-state index contributed by atoms with van der Waals surface area (Å²) in [5, 5.41) is 8.46. The van der Waals surface area contributed by atoms with Gasteiger partial charge in [-0.05, 0) is 12.8 Å². The molecule has 0 atom stereocenters. The highest BCUT2D eigenvalue weighted by Crippen LogP contribution is 2.41. The third-order valence-corrected chi connectivity index (χ3v) is 1.85. The van der Waals surface area contributed by atoms with Crippen LogP contribution in [-0.2, 0) is 4.79 Å². The largest absolute Gasteiger partial charge is 0.395 e. The Kier molecular flexibility index (Phi) is 2.13. The number of carbonyl (C=O) groups excluding carboxylic acids is 1. The topological polar surface area (TPSA) is 40.5 Å². The first-order valence-electron chi connectivity index (χ1n) is 3.65. The quantitative estimate of drug-likeness (QED) is 0.630. The lowest BCUT2D eigenvalue weighted by Crippen LogP contribution is -2.37. The van der Waals surface area contributed by atoms with E-state index in [2.05, 4.69) is 0 Å². The molecule has 0 saturated heterocycles. The monoisotopic (exact) mass is 161 g/mol. The Balaban J connectivity index is 2.40.